The molecule has 18 heavy (non-hydrogen) atoms. The van der Waals surface area contributed by atoms with Crippen LogP contribution in [0.15, 0.2) is 22.7 Å². The summed E-state index contributed by atoms with van der Waals surface area (Å²) in [6.45, 7) is 2.02. The van der Waals surface area contributed by atoms with Gasteiger partial charge in [-0.15, -0.1) is 0 Å². The summed E-state index contributed by atoms with van der Waals surface area (Å²) in [5.74, 6) is 0. The molecule has 0 saturated heterocycles. The highest BCUT2D eigenvalue weighted by Gasteiger charge is 2.15. The molecule has 2 amide bonds. The highest BCUT2D eigenvalue weighted by atomic mass is 79.9. The van der Waals surface area contributed by atoms with Crippen molar-refractivity contribution in [3.8, 4) is 0 Å². The van der Waals surface area contributed by atoms with Gasteiger partial charge in [0.15, 0.2) is 0 Å². The molecule has 1 saturated carbocycles. The van der Waals surface area contributed by atoms with Crippen LogP contribution >= 0.6 is 15.9 Å². The van der Waals surface area contributed by atoms with Gasteiger partial charge in [0.25, 0.3) is 0 Å². The highest BCUT2D eigenvalue weighted by molar-refractivity contribution is 9.10. The Morgan fingerprint density at radius 1 is 1.28 bits per heavy atom. The molecule has 0 aromatic heterocycles. The number of hydrogen-bond donors (Lipinski definition) is 2. The molecule has 98 valence electrons. The minimum Gasteiger partial charge on any atom is -0.335 e. The summed E-state index contributed by atoms with van der Waals surface area (Å²) >= 11 is 3.46. The number of nitrogens with one attached hydrogen (secondary N) is 2. The molecule has 3 nitrogen and oxygen atoms in total. The van der Waals surface area contributed by atoms with E-state index >= 15 is 0 Å². The van der Waals surface area contributed by atoms with Crippen molar-refractivity contribution in [3.63, 3.8) is 0 Å². The monoisotopic (exact) mass is 310 g/mol. The van der Waals surface area contributed by atoms with Gasteiger partial charge in [0.1, 0.15) is 0 Å². The van der Waals surface area contributed by atoms with E-state index in [-0.39, 0.29) is 6.03 Å². The molecule has 0 spiro atoms. The second kappa shape index (κ2) is 6.23. The summed E-state index contributed by atoms with van der Waals surface area (Å²) in [5.41, 5.74) is 1.98. The van der Waals surface area contributed by atoms with Gasteiger partial charge >= 0.3 is 6.03 Å². The molecule has 0 unspecified atom stereocenters. The third kappa shape index (κ3) is 3.73. The number of urea groups is 1. The van der Waals surface area contributed by atoms with Crippen LogP contribution in [0.5, 0.6) is 0 Å². The Bertz CT molecular complexity index is 428. The van der Waals surface area contributed by atoms with Crippen LogP contribution in [0, 0.1) is 6.92 Å². The molecule has 4 heteroatoms. The van der Waals surface area contributed by atoms with Crippen molar-refractivity contribution in [1.29, 1.82) is 0 Å². The fourth-order valence-corrected chi connectivity index (χ4v) is 2.65. The Morgan fingerprint density at radius 2 is 2.00 bits per heavy atom. The minimum absolute atomic E-state index is 0.0994. The molecule has 0 radical (unpaired) electrons. The molecule has 2 N–H and O–H groups in total. The molecule has 0 aliphatic heterocycles. The standard InChI is InChI=1S/C14H19BrN2O/c1-10-7-8-12(9-13(10)15)17-14(18)16-11-5-3-2-4-6-11/h7-9,11H,2-6H2,1H3,(H2,16,17,18). The summed E-state index contributed by atoms with van der Waals surface area (Å²) in [5, 5.41) is 5.91. The average Bonchev–Trinajstić information content (AvgIpc) is 2.35. The van der Waals surface area contributed by atoms with Crippen LogP contribution in [0.25, 0.3) is 0 Å². The zero-order chi connectivity index (χ0) is 13.0. The smallest absolute Gasteiger partial charge is 0.319 e. The molecular weight excluding hydrogens is 292 g/mol. The molecular formula is C14H19BrN2O. The first-order valence-corrected chi connectivity index (χ1v) is 7.28. The number of rotatable bonds is 2. The summed E-state index contributed by atoms with van der Waals surface area (Å²) in [6.07, 6.45) is 5.95. The first-order valence-electron chi connectivity index (χ1n) is 6.49. The van der Waals surface area contributed by atoms with Gasteiger partial charge in [0, 0.05) is 16.2 Å². The van der Waals surface area contributed by atoms with Crippen LogP contribution in [0.1, 0.15) is 37.7 Å². The second-order valence-corrected chi connectivity index (χ2v) is 5.75. The zero-order valence-electron chi connectivity index (χ0n) is 10.6. The van der Waals surface area contributed by atoms with E-state index in [2.05, 4.69) is 26.6 Å². The number of carbonyl (C=O) groups excluding carboxylic acids is 1. The zero-order valence-corrected chi connectivity index (χ0v) is 12.2. The molecule has 0 heterocycles. The number of anilines is 1. The van der Waals surface area contributed by atoms with Gasteiger partial charge in [-0.05, 0) is 37.5 Å². The SMILES string of the molecule is Cc1ccc(NC(=O)NC2CCCCC2)cc1Br. The predicted octanol–water partition coefficient (Wildman–Crippen LogP) is 4.21. The van der Waals surface area contributed by atoms with E-state index in [0.717, 1.165) is 28.6 Å². The minimum atomic E-state index is -0.0994. The van der Waals surface area contributed by atoms with Crippen molar-refractivity contribution >= 4 is 27.6 Å². The lowest BCUT2D eigenvalue weighted by Gasteiger charge is -2.22. The first-order chi connectivity index (χ1) is 8.65. The number of aryl methyl sites for hydroxylation is 1. The van der Waals surface area contributed by atoms with E-state index < -0.39 is 0 Å². The summed E-state index contributed by atoms with van der Waals surface area (Å²) in [4.78, 5) is 11.8. The average molecular weight is 311 g/mol. The quantitative estimate of drug-likeness (QED) is 0.844. The largest absolute Gasteiger partial charge is 0.335 e. The van der Waals surface area contributed by atoms with Crippen molar-refractivity contribution in [2.45, 2.75) is 45.1 Å². The first kappa shape index (κ1) is 13.4. The number of amides is 2. The highest BCUT2D eigenvalue weighted by Crippen LogP contribution is 2.21. The van der Waals surface area contributed by atoms with Gasteiger partial charge in [0.05, 0.1) is 0 Å². The lowest BCUT2D eigenvalue weighted by atomic mass is 9.96. The summed E-state index contributed by atoms with van der Waals surface area (Å²) in [7, 11) is 0. The molecule has 1 fully saturated rings. The predicted molar refractivity (Wildman–Crippen MR) is 77.9 cm³/mol. The molecule has 1 aliphatic rings. The van der Waals surface area contributed by atoms with Crippen molar-refractivity contribution in [1.82, 2.24) is 5.32 Å². The maximum absolute atomic E-state index is 11.8. The normalized spacial score (nSPS) is 16.3. The van der Waals surface area contributed by atoms with E-state index in [0.29, 0.717) is 6.04 Å². The van der Waals surface area contributed by atoms with Crippen LogP contribution < -0.4 is 10.6 Å². The van der Waals surface area contributed by atoms with Crippen LogP contribution in [-0.2, 0) is 0 Å². The van der Waals surface area contributed by atoms with Crippen LogP contribution in [0.4, 0.5) is 10.5 Å². The van der Waals surface area contributed by atoms with Gasteiger partial charge < -0.3 is 10.6 Å². The fraction of sp³-hybridized carbons (Fsp3) is 0.500. The van der Waals surface area contributed by atoms with E-state index in [4.69, 9.17) is 0 Å². The Hall–Kier alpha value is -1.03. The lowest BCUT2D eigenvalue weighted by Crippen LogP contribution is -2.39. The third-order valence-corrected chi connectivity index (χ3v) is 4.22. The van der Waals surface area contributed by atoms with Crippen LogP contribution in [0.2, 0.25) is 0 Å². The number of benzene rings is 1. The van der Waals surface area contributed by atoms with Gasteiger partial charge in [-0.1, -0.05) is 41.3 Å². The topological polar surface area (TPSA) is 41.1 Å². The third-order valence-electron chi connectivity index (χ3n) is 3.37. The Morgan fingerprint density at radius 3 is 2.67 bits per heavy atom. The molecule has 1 aliphatic carbocycles. The van der Waals surface area contributed by atoms with Crippen molar-refractivity contribution in [3.05, 3.63) is 28.2 Å². The Kier molecular flexibility index (Phi) is 4.64. The Labute approximate surface area is 116 Å². The van der Waals surface area contributed by atoms with E-state index in [1.807, 2.05) is 25.1 Å². The molecule has 0 bridgehead atoms. The number of hydrogen-bond acceptors (Lipinski definition) is 1. The van der Waals surface area contributed by atoms with Gasteiger partial charge in [-0.3, -0.25) is 0 Å². The van der Waals surface area contributed by atoms with Crippen LogP contribution in [-0.4, -0.2) is 12.1 Å². The second-order valence-electron chi connectivity index (χ2n) is 4.90. The van der Waals surface area contributed by atoms with E-state index in [1.165, 1.54) is 19.3 Å². The van der Waals surface area contributed by atoms with Gasteiger partial charge in [0.2, 0.25) is 0 Å². The Balaban J connectivity index is 1.88. The van der Waals surface area contributed by atoms with E-state index in [1.54, 1.807) is 0 Å². The molecule has 2 rings (SSSR count). The van der Waals surface area contributed by atoms with Gasteiger partial charge in [-0.2, -0.15) is 0 Å². The number of halogens is 1. The molecule has 0 atom stereocenters. The fourth-order valence-electron chi connectivity index (χ4n) is 2.27. The van der Waals surface area contributed by atoms with Gasteiger partial charge in [-0.25, -0.2) is 4.79 Å². The van der Waals surface area contributed by atoms with E-state index in [9.17, 15) is 4.79 Å². The lowest BCUT2D eigenvalue weighted by molar-refractivity contribution is 0.244. The maximum Gasteiger partial charge on any atom is 0.319 e. The van der Waals surface area contributed by atoms with Crippen LogP contribution in [0.3, 0.4) is 0 Å². The summed E-state index contributed by atoms with van der Waals surface area (Å²) < 4.78 is 1.01. The van der Waals surface area contributed by atoms with Crippen molar-refractivity contribution < 1.29 is 4.79 Å². The number of carbonyl (C=O) groups is 1. The molecule has 1 aromatic carbocycles. The van der Waals surface area contributed by atoms with Crippen molar-refractivity contribution in [2.24, 2.45) is 0 Å². The van der Waals surface area contributed by atoms with Crippen molar-refractivity contribution in [2.75, 3.05) is 5.32 Å². The summed E-state index contributed by atoms with van der Waals surface area (Å²) in [6, 6.07) is 6.07. The molecule has 1 aromatic rings. The maximum atomic E-state index is 11.8.